The lowest BCUT2D eigenvalue weighted by Gasteiger charge is -2.05. The summed E-state index contributed by atoms with van der Waals surface area (Å²) < 4.78 is 0. The summed E-state index contributed by atoms with van der Waals surface area (Å²) >= 11 is 17.7. The molecule has 3 rings (SSSR count). The van der Waals surface area contributed by atoms with Crippen LogP contribution in [0, 0.1) is 0 Å². The lowest BCUT2D eigenvalue weighted by Crippen LogP contribution is -2.12. The molecule has 1 amide bonds. The van der Waals surface area contributed by atoms with Crippen molar-refractivity contribution in [1.29, 1.82) is 0 Å². The van der Waals surface area contributed by atoms with Gasteiger partial charge in [0.1, 0.15) is 5.69 Å². The molecule has 0 aliphatic carbocycles. The Morgan fingerprint density at radius 1 is 0.957 bits per heavy atom. The van der Waals surface area contributed by atoms with Crippen molar-refractivity contribution in [2.75, 3.05) is 5.32 Å². The van der Waals surface area contributed by atoms with Gasteiger partial charge in [0.25, 0.3) is 5.91 Å². The summed E-state index contributed by atoms with van der Waals surface area (Å²) in [5.41, 5.74) is 2.30. The lowest BCUT2D eigenvalue weighted by atomic mass is 10.1. The molecule has 3 aromatic rings. The minimum atomic E-state index is -0.345. The Morgan fingerprint density at radius 2 is 1.65 bits per heavy atom. The number of rotatable bonds is 3. The van der Waals surface area contributed by atoms with Gasteiger partial charge in [-0.15, -0.1) is 0 Å². The summed E-state index contributed by atoms with van der Waals surface area (Å²) in [5, 5.41) is 11.0. The molecule has 0 spiro atoms. The van der Waals surface area contributed by atoms with E-state index in [4.69, 9.17) is 34.8 Å². The average molecular weight is 367 g/mol. The molecule has 7 heteroatoms. The number of aromatic nitrogens is 2. The van der Waals surface area contributed by atoms with E-state index in [0.717, 1.165) is 5.56 Å². The third-order valence-corrected chi connectivity index (χ3v) is 3.94. The molecule has 0 aliphatic rings. The van der Waals surface area contributed by atoms with Gasteiger partial charge in [-0.2, -0.15) is 5.10 Å². The van der Waals surface area contributed by atoms with Crippen LogP contribution in [0.3, 0.4) is 0 Å². The second kappa shape index (κ2) is 6.62. The summed E-state index contributed by atoms with van der Waals surface area (Å²) in [5.74, 6) is -0.345. The van der Waals surface area contributed by atoms with Crippen LogP contribution in [0.2, 0.25) is 15.1 Å². The number of carbonyl (C=O) groups is 1. The molecule has 1 heterocycles. The first-order valence-electron chi connectivity index (χ1n) is 6.61. The molecular formula is C16H10Cl3N3O. The Labute approximate surface area is 147 Å². The van der Waals surface area contributed by atoms with Gasteiger partial charge < -0.3 is 5.32 Å². The molecule has 0 radical (unpaired) electrons. The number of hydrogen-bond acceptors (Lipinski definition) is 2. The van der Waals surface area contributed by atoms with Gasteiger partial charge in [0.05, 0.1) is 16.4 Å². The number of nitrogens with one attached hydrogen (secondary N) is 2. The number of H-pyrrole nitrogens is 1. The highest BCUT2D eigenvalue weighted by molar-refractivity contribution is 6.36. The topological polar surface area (TPSA) is 57.8 Å². The summed E-state index contributed by atoms with van der Waals surface area (Å²) in [6.07, 6.45) is 0. The Kier molecular flexibility index (Phi) is 4.57. The third-order valence-electron chi connectivity index (χ3n) is 3.14. The molecule has 0 bridgehead atoms. The second-order valence-electron chi connectivity index (χ2n) is 4.75. The van der Waals surface area contributed by atoms with Gasteiger partial charge in [-0.25, -0.2) is 0 Å². The molecule has 0 fully saturated rings. The standard InChI is InChI=1S/C16H10Cl3N3O/c17-10-3-1-9(2-4-10)14-8-15(22-21-14)16(23)20-13-6-5-11(18)7-12(13)19/h1-8H,(H,20,23)(H,21,22). The van der Waals surface area contributed by atoms with Crippen molar-refractivity contribution < 1.29 is 4.79 Å². The first kappa shape index (κ1) is 15.9. The molecule has 0 saturated carbocycles. The number of amides is 1. The molecule has 23 heavy (non-hydrogen) atoms. The predicted molar refractivity (Wildman–Crippen MR) is 93.4 cm³/mol. The Hall–Kier alpha value is -2.01. The molecule has 116 valence electrons. The largest absolute Gasteiger partial charge is 0.319 e. The first-order valence-corrected chi connectivity index (χ1v) is 7.74. The van der Waals surface area contributed by atoms with Gasteiger partial charge in [0.2, 0.25) is 0 Å². The highest BCUT2D eigenvalue weighted by atomic mass is 35.5. The highest BCUT2D eigenvalue weighted by Crippen LogP contribution is 2.26. The van der Waals surface area contributed by atoms with Gasteiger partial charge in [-0.05, 0) is 36.4 Å². The van der Waals surface area contributed by atoms with Crippen LogP contribution in [0.4, 0.5) is 5.69 Å². The Bertz CT molecular complexity index is 859. The minimum Gasteiger partial charge on any atom is -0.319 e. The maximum atomic E-state index is 12.3. The van der Waals surface area contributed by atoms with Crippen molar-refractivity contribution in [3.05, 3.63) is 69.3 Å². The smallest absolute Gasteiger partial charge is 0.273 e. The van der Waals surface area contributed by atoms with Crippen molar-refractivity contribution in [2.45, 2.75) is 0 Å². The van der Waals surface area contributed by atoms with E-state index in [1.165, 1.54) is 0 Å². The van der Waals surface area contributed by atoms with E-state index in [0.29, 0.717) is 32.1 Å². The molecule has 0 aliphatic heterocycles. The molecule has 4 nitrogen and oxygen atoms in total. The first-order chi connectivity index (χ1) is 11.0. The maximum absolute atomic E-state index is 12.3. The summed E-state index contributed by atoms with van der Waals surface area (Å²) in [6, 6.07) is 13.7. The third kappa shape index (κ3) is 3.67. The summed E-state index contributed by atoms with van der Waals surface area (Å²) in [4.78, 5) is 12.3. The van der Waals surface area contributed by atoms with Gasteiger partial charge in [0.15, 0.2) is 0 Å². The van der Waals surface area contributed by atoms with E-state index < -0.39 is 0 Å². The fourth-order valence-corrected chi connectivity index (χ4v) is 2.57. The zero-order valence-electron chi connectivity index (χ0n) is 11.6. The maximum Gasteiger partial charge on any atom is 0.273 e. The van der Waals surface area contributed by atoms with Crippen LogP contribution in [0.25, 0.3) is 11.3 Å². The SMILES string of the molecule is O=C(Nc1ccc(Cl)cc1Cl)c1cc(-c2ccc(Cl)cc2)n[nH]1. The van der Waals surface area contributed by atoms with Crippen LogP contribution < -0.4 is 5.32 Å². The zero-order chi connectivity index (χ0) is 16.4. The minimum absolute atomic E-state index is 0.320. The van der Waals surface area contributed by atoms with Crippen LogP contribution in [0.5, 0.6) is 0 Å². The van der Waals surface area contributed by atoms with E-state index in [1.54, 1.807) is 36.4 Å². The fourth-order valence-electron chi connectivity index (χ4n) is 1.99. The number of halogens is 3. The van der Waals surface area contributed by atoms with Crippen molar-refractivity contribution >= 4 is 46.4 Å². The number of benzene rings is 2. The van der Waals surface area contributed by atoms with Crippen LogP contribution in [0.15, 0.2) is 48.5 Å². The van der Waals surface area contributed by atoms with Gasteiger partial charge in [0, 0.05) is 15.6 Å². The normalized spacial score (nSPS) is 10.6. The van der Waals surface area contributed by atoms with E-state index >= 15 is 0 Å². The lowest BCUT2D eigenvalue weighted by molar-refractivity contribution is 0.102. The molecule has 0 atom stereocenters. The number of hydrogen-bond donors (Lipinski definition) is 2. The van der Waals surface area contributed by atoms with Crippen LogP contribution in [-0.4, -0.2) is 16.1 Å². The van der Waals surface area contributed by atoms with E-state index in [-0.39, 0.29) is 5.91 Å². The average Bonchev–Trinajstić information content (AvgIpc) is 3.01. The monoisotopic (exact) mass is 365 g/mol. The molecule has 0 saturated heterocycles. The van der Waals surface area contributed by atoms with Crippen LogP contribution >= 0.6 is 34.8 Å². The van der Waals surface area contributed by atoms with Crippen molar-refractivity contribution in [3.8, 4) is 11.3 Å². The molecule has 2 N–H and O–H groups in total. The number of carbonyl (C=O) groups excluding carboxylic acids is 1. The summed E-state index contributed by atoms with van der Waals surface area (Å²) in [7, 11) is 0. The molecule has 0 unspecified atom stereocenters. The zero-order valence-corrected chi connectivity index (χ0v) is 13.9. The molecule has 2 aromatic carbocycles. The molecule has 1 aromatic heterocycles. The van der Waals surface area contributed by atoms with Gasteiger partial charge >= 0.3 is 0 Å². The Morgan fingerprint density at radius 3 is 2.35 bits per heavy atom. The van der Waals surface area contributed by atoms with Crippen molar-refractivity contribution in [3.63, 3.8) is 0 Å². The van der Waals surface area contributed by atoms with Crippen molar-refractivity contribution in [1.82, 2.24) is 10.2 Å². The fraction of sp³-hybridized carbons (Fsp3) is 0. The second-order valence-corrected chi connectivity index (χ2v) is 6.03. The van der Waals surface area contributed by atoms with E-state index in [1.807, 2.05) is 12.1 Å². The predicted octanol–water partition coefficient (Wildman–Crippen LogP) is 5.29. The number of anilines is 1. The highest BCUT2D eigenvalue weighted by Gasteiger charge is 2.13. The van der Waals surface area contributed by atoms with Crippen molar-refractivity contribution in [2.24, 2.45) is 0 Å². The van der Waals surface area contributed by atoms with E-state index in [2.05, 4.69) is 15.5 Å². The quantitative estimate of drug-likeness (QED) is 0.661. The Balaban J connectivity index is 1.79. The molecular weight excluding hydrogens is 357 g/mol. The summed E-state index contributed by atoms with van der Waals surface area (Å²) in [6.45, 7) is 0. The van der Waals surface area contributed by atoms with E-state index in [9.17, 15) is 4.79 Å². The van der Waals surface area contributed by atoms with Gasteiger partial charge in [-0.3, -0.25) is 9.89 Å². The number of aromatic amines is 1. The van der Waals surface area contributed by atoms with Crippen LogP contribution in [0.1, 0.15) is 10.5 Å². The number of nitrogens with zero attached hydrogens (tertiary/aromatic N) is 1. The van der Waals surface area contributed by atoms with Crippen LogP contribution in [-0.2, 0) is 0 Å². The van der Waals surface area contributed by atoms with Gasteiger partial charge in [-0.1, -0.05) is 46.9 Å².